The largest absolute Gasteiger partial charge is 0.492 e. The van der Waals surface area contributed by atoms with Crippen LogP contribution in [0.5, 0.6) is 5.75 Å². The highest BCUT2D eigenvalue weighted by molar-refractivity contribution is 6.34. The molecule has 19 heavy (non-hydrogen) atoms. The molecule has 2 nitrogen and oxygen atoms in total. The quantitative estimate of drug-likeness (QED) is 0.652. The average molecular weight is 305 g/mol. The summed E-state index contributed by atoms with van der Waals surface area (Å²) in [6.45, 7) is 4.59. The summed E-state index contributed by atoms with van der Waals surface area (Å²) in [7, 11) is 0. The van der Waals surface area contributed by atoms with Crippen molar-refractivity contribution in [2.24, 2.45) is 0 Å². The van der Waals surface area contributed by atoms with Crippen LogP contribution in [0.25, 0.3) is 0 Å². The third kappa shape index (κ3) is 5.21. The van der Waals surface area contributed by atoms with Gasteiger partial charge in [0.15, 0.2) is 0 Å². The van der Waals surface area contributed by atoms with E-state index in [0.29, 0.717) is 34.4 Å². The molecule has 0 saturated heterocycles. The molecule has 4 heteroatoms. The molecule has 0 aliphatic carbocycles. The Morgan fingerprint density at radius 3 is 2.47 bits per heavy atom. The van der Waals surface area contributed by atoms with Crippen molar-refractivity contribution in [3.63, 3.8) is 0 Å². The van der Waals surface area contributed by atoms with E-state index in [1.165, 1.54) is 12.8 Å². The van der Waals surface area contributed by atoms with Gasteiger partial charge in [0.2, 0.25) is 0 Å². The van der Waals surface area contributed by atoms with Gasteiger partial charge in [-0.1, -0.05) is 55.8 Å². The molecule has 0 heterocycles. The molecule has 1 N–H and O–H groups in total. The lowest BCUT2D eigenvalue weighted by Gasteiger charge is -2.15. The van der Waals surface area contributed by atoms with Crippen molar-refractivity contribution in [1.82, 2.24) is 0 Å². The lowest BCUT2D eigenvalue weighted by atomic mass is 10.0. The molecule has 0 radical (unpaired) electrons. The van der Waals surface area contributed by atoms with Gasteiger partial charge in [0.1, 0.15) is 5.75 Å². The molecule has 0 aliphatic heterocycles. The second kappa shape index (κ2) is 8.68. The maximum Gasteiger partial charge on any atom is 0.139 e. The lowest BCUT2D eigenvalue weighted by Crippen LogP contribution is -2.00. The Labute approximate surface area is 125 Å². The zero-order valence-corrected chi connectivity index (χ0v) is 13.1. The number of rotatable bonds is 8. The van der Waals surface area contributed by atoms with Crippen molar-refractivity contribution in [2.45, 2.75) is 52.1 Å². The van der Waals surface area contributed by atoms with Crippen LogP contribution < -0.4 is 4.74 Å². The molecule has 1 unspecified atom stereocenters. The first kappa shape index (κ1) is 16.6. The van der Waals surface area contributed by atoms with Crippen molar-refractivity contribution in [3.05, 3.63) is 27.7 Å². The predicted octanol–water partition coefficient (Wildman–Crippen LogP) is 5.40. The molecule has 0 saturated carbocycles. The maximum atomic E-state index is 10.2. The molecule has 108 valence electrons. The van der Waals surface area contributed by atoms with Crippen molar-refractivity contribution in [3.8, 4) is 5.75 Å². The Morgan fingerprint density at radius 2 is 1.84 bits per heavy atom. The third-order valence-corrected chi connectivity index (χ3v) is 3.66. The SMILES string of the molecule is CCCCCCC(O)c1cc(Cl)c(OCC)cc1Cl. The Balaban J connectivity index is 2.69. The van der Waals surface area contributed by atoms with Crippen LogP contribution in [-0.2, 0) is 0 Å². The van der Waals surface area contributed by atoms with Crippen molar-refractivity contribution >= 4 is 23.2 Å². The summed E-state index contributed by atoms with van der Waals surface area (Å²) in [6, 6.07) is 3.39. The van der Waals surface area contributed by atoms with E-state index in [4.69, 9.17) is 27.9 Å². The van der Waals surface area contributed by atoms with Gasteiger partial charge in [-0.3, -0.25) is 0 Å². The number of ether oxygens (including phenoxy) is 1. The van der Waals surface area contributed by atoms with E-state index in [2.05, 4.69) is 6.92 Å². The van der Waals surface area contributed by atoms with E-state index in [1.54, 1.807) is 12.1 Å². The fourth-order valence-electron chi connectivity index (χ4n) is 1.99. The summed E-state index contributed by atoms with van der Waals surface area (Å²) < 4.78 is 5.37. The van der Waals surface area contributed by atoms with Crippen molar-refractivity contribution in [2.75, 3.05) is 6.61 Å². The molecule has 0 aliphatic rings. The van der Waals surface area contributed by atoms with Crippen LogP contribution >= 0.6 is 23.2 Å². The average Bonchev–Trinajstić information content (AvgIpc) is 2.38. The molecule has 1 aromatic carbocycles. The van der Waals surface area contributed by atoms with E-state index >= 15 is 0 Å². The molecular formula is C15H22Cl2O2. The van der Waals surface area contributed by atoms with Crippen LogP contribution in [-0.4, -0.2) is 11.7 Å². The van der Waals surface area contributed by atoms with Gasteiger partial charge in [0.25, 0.3) is 0 Å². The first-order valence-corrected chi connectivity index (χ1v) is 7.65. The molecule has 1 aromatic rings. The second-order valence-corrected chi connectivity index (χ2v) is 5.42. The Morgan fingerprint density at radius 1 is 1.11 bits per heavy atom. The number of benzene rings is 1. The summed E-state index contributed by atoms with van der Waals surface area (Å²) in [5.74, 6) is 0.566. The standard InChI is InChI=1S/C15H22Cl2O2/c1-3-5-6-7-8-14(18)11-9-13(17)15(19-4-2)10-12(11)16/h9-10,14,18H,3-8H2,1-2H3. The van der Waals surface area contributed by atoms with Crippen LogP contribution in [0, 0.1) is 0 Å². The first-order chi connectivity index (χ1) is 9.10. The highest BCUT2D eigenvalue weighted by Gasteiger charge is 2.15. The summed E-state index contributed by atoms with van der Waals surface area (Å²) >= 11 is 12.3. The maximum absolute atomic E-state index is 10.2. The summed E-state index contributed by atoms with van der Waals surface area (Å²) in [5, 5.41) is 11.2. The highest BCUT2D eigenvalue weighted by Crippen LogP contribution is 2.35. The fraction of sp³-hybridized carbons (Fsp3) is 0.600. The lowest BCUT2D eigenvalue weighted by molar-refractivity contribution is 0.163. The highest BCUT2D eigenvalue weighted by atomic mass is 35.5. The summed E-state index contributed by atoms with van der Waals surface area (Å²) in [6.07, 6.45) is 4.67. The third-order valence-electron chi connectivity index (χ3n) is 3.04. The zero-order valence-electron chi connectivity index (χ0n) is 11.6. The Kier molecular flexibility index (Phi) is 7.59. The fourth-order valence-corrected chi connectivity index (χ4v) is 2.49. The van der Waals surface area contributed by atoms with Gasteiger partial charge in [0, 0.05) is 11.6 Å². The minimum absolute atomic E-state index is 0.494. The zero-order chi connectivity index (χ0) is 14.3. The van der Waals surface area contributed by atoms with E-state index < -0.39 is 6.10 Å². The predicted molar refractivity (Wildman–Crippen MR) is 81.3 cm³/mol. The molecule has 0 amide bonds. The normalized spacial score (nSPS) is 12.5. The molecular weight excluding hydrogens is 283 g/mol. The van der Waals surface area contributed by atoms with Crippen molar-refractivity contribution < 1.29 is 9.84 Å². The van der Waals surface area contributed by atoms with Crippen molar-refractivity contribution in [1.29, 1.82) is 0 Å². The van der Waals surface area contributed by atoms with Gasteiger partial charge in [0.05, 0.1) is 22.8 Å². The summed E-state index contributed by atoms with van der Waals surface area (Å²) in [5.41, 5.74) is 0.687. The number of hydrogen-bond donors (Lipinski definition) is 1. The van der Waals surface area contributed by atoms with E-state index in [0.717, 1.165) is 12.8 Å². The molecule has 0 bridgehead atoms. The van der Waals surface area contributed by atoms with E-state index in [1.807, 2.05) is 6.92 Å². The minimum atomic E-state index is -0.558. The topological polar surface area (TPSA) is 29.5 Å². The molecule has 1 atom stereocenters. The van der Waals surface area contributed by atoms with Crippen LogP contribution in [0.3, 0.4) is 0 Å². The van der Waals surface area contributed by atoms with Gasteiger partial charge in [-0.05, 0) is 19.4 Å². The number of aliphatic hydroxyl groups is 1. The van der Waals surface area contributed by atoms with Crippen LogP contribution in [0.1, 0.15) is 57.6 Å². The van der Waals surface area contributed by atoms with Gasteiger partial charge < -0.3 is 9.84 Å². The van der Waals surface area contributed by atoms with Crippen LogP contribution in [0.2, 0.25) is 10.0 Å². The van der Waals surface area contributed by atoms with Crippen LogP contribution in [0.4, 0.5) is 0 Å². The van der Waals surface area contributed by atoms with Gasteiger partial charge in [-0.25, -0.2) is 0 Å². The first-order valence-electron chi connectivity index (χ1n) is 6.89. The minimum Gasteiger partial charge on any atom is -0.492 e. The van der Waals surface area contributed by atoms with Gasteiger partial charge in [-0.2, -0.15) is 0 Å². The van der Waals surface area contributed by atoms with E-state index in [-0.39, 0.29) is 0 Å². The van der Waals surface area contributed by atoms with Gasteiger partial charge in [-0.15, -0.1) is 0 Å². The smallest absolute Gasteiger partial charge is 0.139 e. The van der Waals surface area contributed by atoms with E-state index in [9.17, 15) is 5.11 Å². The number of aliphatic hydroxyl groups excluding tert-OH is 1. The number of halogens is 2. The molecule has 0 spiro atoms. The molecule has 0 fully saturated rings. The monoisotopic (exact) mass is 304 g/mol. The second-order valence-electron chi connectivity index (χ2n) is 4.60. The van der Waals surface area contributed by atoms with Gasteiger partial charge >= 0.3 is 0 Å². The van der Waals surface area contributed by atoms with Crippen LogP contribution in [0.15, 0.2) is 12.1 Å². The number of hydrogen-bond acceptors (Lipinski definition) is 2. The molecule has 0 aromatic heterocycles. The molecule has 1 rings (SSSR count). The summed E-state index contributed by atoms with van der Waals surface area (Å²) in [4.78, 5) is 0. The number of unbranched alkanes of at least 4 members (excludes halogenated alkanes) is 3. The Hall–Kier alpha value is -0.440. The Bertz CT molecular complexity index is 394.